The van der Waals surface area contributed by atoms with Gasteiger partial charge in [0.15, 0.2) is 0 Å². The van der Waals surface area contributed by atoms with E-state index in [2.05, 4.69) is 42.2 Å². The molecule has 2 N–H and O–H groups in total. The van der Waals surface area contributed by atoms with Crippen LogP contribution in [0.25, 0.3) is 0 Å². The van der Waals surface area contributed by atoms with E-state index in [9.17, 15) is 4.79 Å². The van der Waals surface area contributed by atoms with Crippen LogP contribution in [0.4, 0.5) is 11.5 Å². The average molecular weight is 372 g/mol. The van der Waals surface area contributed by atoms with Crippen LogP contribution >= 0.6 is 31.9 Å². The molecule has 0 saturated heterocycles. The summed E-state index contributed by atoms with van der Waals surface area (Å²) in [6.45, 7) is 0. The number of nitrogens with zero attached hydrogens (tertiary/aromatic N) is 1. The summed E-state index contributed by atoms with van der Waals surface area (Å²) in [5, 5.41) is 11.9. The molecule has 0 atom stereocenters. The van der Waals surface area contributed by atoms with Crippen molar-refractivity contribution < 1.29 is 9.90 Å². The summed E-state index contributed by atoms with van der Waals surface area (Å²) in [5.74, 6) is -0.492. The predicted octanol–water partition coefficient (Wildman–Crippen LogP) is 4.05. The average Bonchev–Trinajstić information content (AvgIpc) is 2.33. The lowest BCUT2D eigenvalue weighted by Crippen LogP contribution is -2.00. The van der Waals surface area contributed by atoms with Crippen LogP contribution in [0.5, 0.6) is 0 Å². The molecule has 0 aliphatic heterocycles. The minimum atomic E-state index is -0.977. The van der Waals surface area contributed by atoms with Gasteiger partial charge in [-0.25, -0.2) is 9.78 Å². The number of aromatic nitrogens is 1. The van der Waals surface area contributed by atoms with Crippen LogP contribution < -0.4 is 5.32 Å². The van der Waals surface area contributed by atoms with E-state index in [1.165, 1.54) is 18.3 Å². The summed E-state index contributed by atoms with van der Waals surface area (Å²) in [4.78, 5) is 14.9. The maximum Gasteiger partial charge on any atom is 0.335 e. The lowest BCUT2D eigenvalue weighted by atomic mass is 10.2. The number of carboxylic acid groups (broad SMARTS) is 1. The molecule has 0 fully saturated rings. The molecule has 2 rings (SSSR count). The van der Waals surface area contributed by atoms with E-state index < -0.39 is 5.97 Å². The van der Waals surface area contributed by atoms with E-state index in [-0.39, 0.29) is 5.56 Å². The Kier molecular flexibility index (Phi) is 3.98. The van der Waals surface area contributed by atoms with Crippen molar-refractivity contribution in [1.29, 1.82) is 0 Å². The van der Waals surface area contributed by atoms with Crippen LogP contribution in [0.2, 0.25) is 0 Å². The molecule has 0 saturated carbocycles. The first-order valence-corrected chi connectivity index (χ1v) is 6.56. The maximum atomic E-state index is 10.8. The molecule has 2 aromatic rings. The van der Waals surface area contributed by atoms with Gasteiger partial charge in [-0.15, -0.1) is 0 Å². The second-order valence-corrected chi connectivity index (χ2v) is 5.25. The summed E-state index contributed by atoms with van der Waals surface area (Å²) in [6, 6.07) is 8.57. The fourth-order valence-corrected chi connectivity index (χ4v) is 2.51. The first kappa shape index (κ1) is 13.0. The van der Waals surface area contributed by atoms with Gasteiger partial charge >= 0.3 is 5.97 Å². The third-order valence-electron chi connectivity index (χ3n) is 2.20. The minimum Gasteiger partial charge on any atom is -0.478 e. The van der Waals surface area contributed by atoms with Crippen molar-refractivity contribution in [3.63, 3.8) is 0 Å². The number of carbonyl (C=O) groups is 1. The lowest BCUT2D eigenvalue weighted by molar-refractivity contribution is 0.0697. The van der Waals surface area contributed by atoms with Crippen LogP contribution in [0.15, 0.2) is 45.5 Å². The van der Waals surface area contributed by atoms with Crippen molar-refractivity contribution >= 4 is 49.3 Å². The first-order valence-electron chi connectivity index (χ1n) is 4.97. The van der Waals surface area contributed by atoms with E-state index in [0.29, 0.717) is 5.82 Å². The molecule has 0 radical (unpaired) electrons. The molecule has 4 nitrogen and oxygen atoms in total. The summed E-state index contributed by atoms with van der Waals surface area (Å²) in [7, 11) is 0. The molecule has 0 spiro atoms. The van der Waals surface area contributed by atoms with E-state index in [1.54, 1.807) is 0 Å². The van der Waals surface area contributed by atoms with Crippen LogP contribution in [-0.2, 0) is 0 Å². The van der Waals surface area contributed by atoms with E-state index in [0.717, 1.165) is 14.6 Å². The lowest BCUT2D eigenvalue weighted by Gasteiger charge is -2.08. The molecule has 0 unspecified atom stereocenters. The SMILES string of the molecule is O=C(O)c1ccnc(Nc2ccc(Br)cc2Br)c1. The summed E-state index contributed by atoms with van der Waals surface area (Å²) in [6.07, 6.45) is 1.46. The van der Waals surface area contributed by atoms with Gasteiger partial charge in [0.25, 0.3) is 0 Å². The number of hydrogen-bond acceptors (Lipinski definition) is 3. The number of carboxylic acids is 1. The van der Waals surface area contributed by atoms with Crippen LogP contribution in [0.3, 0.4) is 0 Å². The molecule has 18 heavy (non-hydrogen) atoms. The van der Waals surface area contributed by atoms with Gasteiger partial charge in [-0.1, -0.05) is 15.9 Å². The number of aromatic carboxylic acids is 1. The number of pyridine rings is 1. The largest absolute Gasteiger partial charge is 0.478 e. The quantitative estimate of drug-likeness (QED) is 0.854. The van der Waals surface area contributed by atoms with Crippen molar-refractivity contribution in [3.8, 4) is 0 Å². The van der Waals surface area contributed by atoms with Crippen LogP contribution in [0, 0.1) is 0 Å². The van der Waals surface area contributed by atoms with Crippen molar-refractivity contribution in [2.24, 2.45) is 0 Å². The van der Waals surface area contributed by atoms with Gasteiger partial charge < -0.3 is 10.4 Å². The fourth-order valence-electron chi connectivity index (χ4n) is 1.36. The van der Waals surface area contributed by atoms with Crippen molar-refractivity contribution in [2.75, 3.05) is 5.32 Å². The number of hydrogen-bond donors (Lipinski definition) is 2. The highest BCUT2D eigenvalue weighted by Gasteiger charge is 2.06. The van der Waals surface area contributed by atoms with Gasteiger partial charge in [0.2, 0.25) is 0 Å². The first-order chi connectivity index (χ1) is 8.56. The van der Waals surface area contributed by atoms with E-state index >= 15 is 0 Å². The van der Waals surface area contributed by atoms with Gasteiger partial charge in [-0.3, -0.25) is 0 Å². The normalized spacial score (nSPS) is 10.1. The van der Waals surface area contributed by atoms with Crippen LogP contribution in [0.1, 0.15) is 10.4 Å². The zero-order valence-corrected chi connectivity index (χ0v) is 12.2. The molecule has 0 amide bonds. The topological polar surface area (TPSA) is 62.2 Å². The fraction of sp³-hybridized carbons (Fsp3) is 0. The van der Waals surface area contributed by atoms with E-state index in [1.807, 2.05) is 18.2 Å². The van der Waals surface area contributed by atoms with Gasteiger partial charge in [0, 0.05) is 15.1 Å². The van der Waals surface area contributed by atoms with Crippen LogP contribution in [-0.4, -0.2) is 16.1 Å². The molecule has 92 valence electrons. The zero-order valence-electron chi connectivity index (χ0n) is 9.02. The smallest absolute Gasteiger partial charge is 0.335 e. The second kappa shape index (κ2) is 5.49. The highest BCUT2D eigenvalue weighted by molar-refractivity contribution is 9.11. The molecular formula is C12H8Br2N2O2. The highest BCUT2D eigenvalue weighted by atomic mass is 79.9. The van der Waals surface area contributed by atoms with Gasteiger partial charge in [-0.05, 0) is 46.3 Å². The Hall–Kier alpha value is -1.40. The molecular weight excluding hydrogens is 364 g/mol. The number of benzene rings is 1. The third kappa shape index (κ3) is 3.08. The Balaban J connectivity index is 2.28. The van der Waals surface area contributed by atoms with E-state index in [4.69, 9.17) is 5.11 Å². The number of anilines is 2. The Bertz CT molecular complexity index is 602. The molecule has 6 heteroatoms. The minimum absolute atomic E-state index is 0.195. The molecule has 1 heterocycles. The number of rotatable bonds is 3. The Labute approximate surface area is 120 Å². The highest BCUT2D eigenvalue weighted by Crippen LogP contribution is 2.28. The van der Waals surface area contributed by atoms with Gasteiger partial charge in [0.1, 0.15) is 5.82 Å². The molecule has 1 aromatic heterocycles. The second-order valence-electron chi connectivity index (χ2n) is 3.48. The third-order valence-corrected chi connectivity index (χ3v) is 3.35. The Morgan fingerprint density at radius 2 is 2.00 bits per heavy atom. The van der Waals surface area contributed by atoms with Crippen molar-refractivity contribution in [2.45, 2.75) is 0 Å². The molecule has 0 aliphatic rings. The Morgan fingerprint density at radius 3 is 2.67 bits per heavy atom. The predicted molar refractivity (Wildman–Crippen MR) is 76.3 cm³/mol. The van der Waals surface area contributed by atoms with Crippen molar-refractivity contribution in [1.82, 2.24) is 4.98 Å². The van der Waals surface area contributed by atoms with Gasteiger partial charge in [-0.2, -0.15) is 0 Å². The number of halogens is 2. The van der Waals surface area contributed by atoms with Crippen molar-refractivity contribution in [3.05, 3.63) is 51.0 Å². The summed E-state index contributed by atoms with van der Waals surface area (Å²) in [5.41, 5.74) is 1.01. The Morgan fingerprint density at radius 1 is 1.22 bits per heavy atom. The summed E-state index contributed by atoms with van der Waals surface area (Å²) < 4.78 is 1.81. The van der Waals surface area contributed by atoms with Gasteiger partial charge in [0.05, 0.1) is 11.3 Å². The monoisotopic (exact) mass is 370 g/mol. The standard InChI is InChI=1S/C12H8Br2N2O2/c13-8-1-2-10(9(14)6-8)16-11-5-7(12(17)18)3-4-15-11/h1-6H,(H,15,16)(H,17,18). The number of nitrogens with one attached hydrogen (secondary N) is 1. The zero-order chi connectivity index (χ0) is 13.1. The molecule has 0 aliphatic carbocycles. The molecule has 1 aromatic carbocycles. The summed E-state index contributed by atoms with van der Waals surface area (Å²) >= 11 is 6.78. The molecule has 0 bridgehead atoms. The maximum absolute atomic E-state index is 10.8.